The average molecular weight is 1320 g/mol. The van der Waals surface area contributed by atoms with E-state index in [9.17, 15) is 38.5 Å². The first-order chi connectivity index (χ1) is 45.7. The second-order valence-corrected chi connectivity index (χ2v) is 31.0. The van der Waals surface area contributed by atoms with Gasteiger partial charge in [-0.2, -0.15) is 0 Å². The molecule has 0 amide bonds. The minimum absolute atomic E-state index is 0.0176. The van der Waals surface area contributed by atoms with Crippen molar-refractivity contribution in [3.63, 3.8) is 0 Å². The van der Waals surface area contributed by atoms with Crippen LogP contribution < -0.4 is 18.9 Å². The van der Waals surface area contributed by atoms with Crippen LogP contribution in [0.25, 0.3) is 32.7 Å². The number of aromatic amines is 1. The van der Waals surface area contributed by atoms with Crippen molar-refractivity contribution in [2.24, 2.45) is 5.41 Å². The van der Waals surface area contributed by atoms with E-state index in [4.69, 9.17) is 9.47 Å². The zero-order chi connectivity index (χ0) is 70.0. The molecule has 4 aliphatic rings. The van der Waals surface area contributed by atoms with E-state index in [-0.39, 0.29) is 75.8 Å². The van der Waals surface area contributed by atoms with Gasteiger partial charge in [0.25, 0.3) is 0 Å². The molecule has 15 heteroatoms. The van der Waals surface area contributed by atoms with Crippen LogP contribution in [0.15, 0.2) is 140 Å². The quantitative estimate of drug-likeness (QED) is 0.0511. The van der Waals surface area contributed by atoms with E-state index in [1.807, 2.05) is 61.5 Å². The van der Waals surface area contributed by atoms with Gasteiger partial charge < -0.3 is 48.4 Å². The number of aliphatic hydroxyl groups excluding tert-OH is 3. The maximum Gasteiger partial charge on any atom is 0.586 e. The number of carbonyl (C=O) groups excluding carboxylic acids is 3. The molecule has 3 saturated carbocycles. The Kier molecular flexibility index (Phi) is 19.0. The first-order valence-corrected chi connectivity index (χ1v) is 34.4. The van der Waals surface area contributed by atoms with Crippen LogP contribution in [0.5, 0.6) is 23.0 Å². The van der Waals surface area contributed by atoms with Gasteiger partial charge in [0, 0.05) is 86.5 Å². The molecule has 0 bridgehead atoms. The summed E-state index contributed by atoms with van der Waals surface area (Å²) >= 11 is 0. The number of hydrogen-bond acceptors (Lipinski definition) is 10. The largest absolute Gasteiger partial charge is 0.586 e. The van der Waals surface area contributed by atoms with Crippen molar-refractivity contribution in [2.75, 3.05) is 20.8 Å². The van der Waals surface area contributed by atoms with Gasteiger partial charge in [0.15, 0.2) is 11.5 Å². The monoisotopic (exact) mass is 1320 g/mol. The van der Waals surface area contributed by atoms with E-state index in [1.165, 1.54) is 28.9 Å². The molecule has 0 radical (unpaired) electrons. The lowest BCUT2D eigenvalue weighted by atomic mass is 9.81. The Morgan fingerprint density at radius 3 is 1.59 bits per heavy atom. The van der Waals surface area contributed by atoms with Crippen molar-refractivity contribution in [3.8, 4) is 23.0 Å². The van der Waals surface area contributed by atoms with Crippen molar-refractivity contribution < 1.29 is 57.4 Å². The van der Waals surface area contributed by atoms with Crippen molar-refractivity contribution >= 4 is 50.1 Å². The fourth-order valence-electron chi connectivity index (χ4n) is 14.5. The number of carbonyl (C=O) groups is 3. The maximum absolute atomic E-state index is 13.5. The lowest BCUT2D eigenvalue weighted by Crippen LogP contribution is -2.27. The lowest BCUT2D eigenvalue weighted by Gasteiger charge is -2.26. The third kappa shape index (κ3) is 14.2. The SMILES string of the molecule is CCC(C)(C)c1cc2cc(CC(=O)C3(c4ccc5c(c4)OC(F)(F)O5)CC3)ccc2n1C[C@@H](O)CO.CC[C@H](O)Cn1c(C(C)(C)C)cc2cc(CC(=O)C3(c4cccc(OC)c4)CC3)ccc21.COc1ccc(C2(C(=O)Cc3ccc4[nH]c(C(C)(C)C)cc4c3)CC2(C)C)cc1. The van der Waals surface area contributed by atoms with Crippen molar-refractivity contribution in [1.29, 1.82) is 0 Å². The number of nitrogens with one attached hydrogen (secondary N) is 1. The molecule has 6 aromatic carbocycles. The minimum Gasteiger partial charge on any atom is -0.497 e. The van der Waals surface area contributed by atoms with E-state index in [1.54, 1.807) is 20.3 Å². The molecule has 9 aromatic rings. The van der Waals surface area contributed by atoms with E-state index in [2.05, 4.69) is 166 Å². The second-order valence-electron chi connectivity index (χ2n) is 31.0. The number of aliphatic hydroxyl groups is 3. The second kappa shape index (κ2) is 26.3. The number of hydrogen-bond donors (Lipinski definition) is 4. The van der Waals surface area contributed by atoms with Gasteiger partial charge in [-0.25, -0.2) is 0 Å². The molecule has 13 rings (SSSR count). The number of alkyl halides is 2. The molecule has 3 fully saturated rings. The van der Waals surface area contributed by atoms with Gasteiger partial charge >= 0.3 is 6.29 Å². The normalized spacial score (nSPS) is 18.3. The fourth-order valence-corrected chi connectivity index (χ4v) is 14.5. The summed E-state index contributed by atoms with van der Waals surface area (Å²) in [5, 5.41) is 33.1. The van der Waals surface area contributed by atoms with Crippen LogP contribution in [-0.4, -0.2) is 86.1 Å². The minimum atomic E-state index is -3.69. The number of ketones is 3. The van der Waals surface area contributed by atoms with Gasteiger partial charge in [-0.15, -0.1) is 8.78 Å². The summed E-state index contributed by atoms with van der Waals surface area (Å²) in [6.07, 6.45) is 1.83. The molecular weight excluding hydrogens is 1220 g/mol. The number of fused-ring (bicyclic) bond motifs is 4. The van der Waals surface area contributed by atoms with Gasteiger partial charge in [0.2, 0.25) is 0 Å². The zero-order valence-corrected chi connectivity index (χ0v) is 59.0. The fraction of sp³-hybridized carbons (Fsp3) is 0.451. The Labute approximate surface area is 569 Å². The molecule has 97 heavy (non-hydrogen) atoms. The van der Waals surface area contributed by atoms with Gasteiger partial charge in [0.05, 0.1) is 55.8 Å². The first kappa shape index (κ1) is 70.2. The van der Waals surface area contributed by atoms with Crippen molar-refractivity contribution in [3.05, 3.63) is 190 Å². The van der Waals surface area contributed by atoms with Gasteiger partial charge in [-0.05, 0) is 180 Å². The van der Waals surface area contributed by atoms with Gasteiger partial charge in [-0.1, -0.05) is 132 Å². The van der Waals surface area contributed by atoms with Gasteiger partial charge in [0.1, 0.15) is 28.8 Å². The Balaban J connectivity index is 0.000000148. The molecular formula is C82H97F2N3O10. The summed E-state index contributed by atoms with van der Waals surface area (Å²) < 4.78 is 50.9. The number of methoxy groups -OCH3 is 2. The molecule has 1 unspecified atom stereocenters. The molecule has 1 aliphatic heterocycles. The Bertz CT molecular complexity index is 4410. The summed E-state index contributed by atoms with van der Waals surface area (Å²) in [4.78, 5) is 43.8. The number of aromatic nitrogens is 3. The van der Waals surface area contributed by atoms with E-state index in [0.717, 1.165) is 104 Å². The van der Waals surface area contributed by atoms with Crippen LogP contribution in [0.3, 0.4) is 0 Å². The molecule has 0 spiro atoms. The van der Waals surface area contributed by atoms with Crippen LogP contribution in [0.4, 0.5) is 8.78 Å². The average Bonchev–Trinajstić information content (AvgIpc) is 1.53. The Morgan fingerprint density at radius 1 is 0.567 bits per heavy atom. The van der Waals surface area contributed by atoms with E-state index < -0.39 is 23.2 Å². The number of Topliss-reactive ketones (excluding diaryl/α,β-unsaturated/α-hetero) is 3. The van der Waals surface area contributed by atoms with Crippen molar-refractivity contribution in [2.45, 2.75) is 211 Å². The highest BCUT2D eigenvalue weighted by Crippen LogP contribution is 2.65. The molecule has 3 aliphatic carbocycles. The summed E-state index contributed by atoms with van der Waals surface area (Å²) in [5.74, 6) is 2.17. The highest BCUT2D eigenvalue weighted by molar-refractivity contribution is 5.98. The Hall–Kier alpha value is -8.11. The van der Waals surface area contributed by atoms with Gasteiger partial charge in [-0.3, -0.25) is 14.4 Å². The molecule has 0 saturated heterocycles. The number of ether oxygens (including phenoxy) is 4. The zero-order valence-electron chi connectivity index (χ0n) is 59.0. The third-order valence-corrected chi connectivity index (χ3v) is 21.3. The summed E-state index contributed by atoms with van der Waals surface area (Å²) in [6, 6.07) is 45.7. The smallest absolute Gasteiger partial charge is 0.497 e. The Morgan fingerprint density at radius 2 is 1.07 bits per heavy atom. The molecule has 4 N–H and O–H groups in total. The number of benzene rings is 6. The molecule has 514 valence electrons. The predicted octanol–water partition coefficient (Wildman–Crippen LogP) is 16.4. The lowest BCUT2D eigenvalue weighted by molar-refractivity contribution is -0.286. The topological polar surface area (TPSA) is 174 Å². The molecule has 13 nitrogen and oxygen atoms in total. The number of H-pyrrole nitrogens is 1. The van der Waals surface area contributed by atoms with Crippen molar-refractivity contribution in [1.82, 2.24) is 14.1 Å². The van der Waals surface area contributed by atoms with Crippen LogP contribution in [0, 0.1) is 5.41 Å². The van der Waals surface area contributed by atoms with Crippen LogP contribution in [0.1, 0.15) is 178 Å². The predicted molar refractivity (Wildman–Crippen MR) is 379 cm³/mol. The van der Waals surface area contributed by atoms with Crippen LogP contribution in [0.2, 0.25) is 0 Å². The molecule has 4 heterocycles. The van der Waals surface area contributed by atoms with Crippen LogP contribution in [-0.2, 0) is 79.2 Å². The number of nitrogens with zero attached hydrogens (tertiary/aromatic N) is 2. The highest BCUT2D eigenvalue weighted by atomic mass is 19.3. The number of rotatable bonds is 22. The summed E-state index contributed by atoms with van der Waals surface area (Å²) in [5.41, 5.74) is 10.9. The summed E-state index contributed by atoms with van der Waals surface area (Å²) in [6.45, 7) is 26.6. The standard InChI is InChI=1S/C28H31F2NO5.C28H35NO3.C26H31NO2/c1-4-26(2,3)24-13-18-11-17(5-7-21(18)31(24)15-20(33)16-32)12-25(34)27(9-10-27)19-6-8-22-23(14-19)36-28(29,30)35-22;1-6-22(30)18-29-24-11-10-19(14-20(24)16-25(29)27(2,3)4)15-26(31)28(12-13-28)21-8-7-9-23(17-21)32-5;1-24(2,3)22-15-18-13-17(7-12-21(18)27-22)14-23(28)26(16-25(26,4)5)19-8-10-20(29-6)11-9-19/h5-8,11,13-14,20,32-33H,4,9-10,12,15-16H2,1-3H3;7-11,14,16-17,22,30H,6,12-13,15,18H2,1-5H3;7-13,15,27H,14,16H2,1-6H3/t20-;22-;/m10./s1. The highest BCUT2D eigenvalue weighted by Gasteiger charge is 2.66. The summed E-state index contributed by atoms with van der Waals surface area (Å²) in [7, 11) is 3.33. The first-order valence-electron chi connectivity index (χ1n) is 34.4. The van der Waals surface area contributed by atoms with E-state index >= 15 is 0 Å². The maximum atomic E-state index is 13.5. The van der Waals surface area contributed by atoms with E-state index in [0.29, 0.717) is 43.6 Å². The van der Waals surface area contributed by atoms with Crippen LogP contribution >= 0.6 is 0 Å². The number of halogens is 2. The molecule has 3 aromatic heterocycles. The molecule has 3 atom stereocenters. The third-order valence-electron chi connectivity index (χ3n) is 21.3.